The fraction of sp³-hybridized carbons (Fsp3) is 0.615. The van der Waals surface area contributed by atoms with Crippen LogP contribution in [-0.2, 0) is 4.79 Å². The highest BCUT2D eigenvalue weighted by atomic mass is 16.1. The predicted molar refractivity (Wildman–Crippen MR) is 62.2 cm³/mol. The molecule has 80 valence electrons. The van der Waals surface area contributed by atoms with E-state index in [9.17, 15) is 4.79 Å². The molecule has 0 aromatic heterocycles. The molecule has 0 aliphatic heterocycles. The van der Waals surface area contributed by atoms with E-state index in [1.165, 1.54) is 0 Å². The zero-order chi connectivity index (χ0) is 11.4. The largest absolute Gasteiger partial charge is 0.299 e. The minimum absolute atomic E-state index is 0.0304. The standard InChI is InChI=1S/C13H22O/c1-12(2,3)9-7-11(8-10-14)13(4,5)6/h7-10H,1-6H3/b9-7-,11-8+. The van der Waals surface area contributed by atoms with Crippen molar-refractivity contribution in [3.05, 3.63) is 23.8 Å². The first-order valence-electron chi connectivity index (χ1n) is 5.02. The monoisotopic (exact) mass is 194 g/mol. The maximum absolute atomic E-state index is 10.5. The van der Waals surface area contributed by atoms with E-state index in [1.54, 1.807) is 6.08 Å². The Morgan fingerprint density at radius 3 is 1.79 bits per heavy atom. The quantitative estimate of drug-likeness (QED) is 0.371. The molecule has 0 radical (unpaired) electrons. The Hall–Kier alpha value is -0.850. The Morgan fingerprint density at radius 1 is 1.00 bits per heavy atom. The van der Waals surface area contributed by atoms with Crippen molar-refractivity contribution in [2.45, 2.75) is 41.5 Å². The second-order valence-electron chi connectivity index (χ2n) is 5.71. The average Bonchev–Trinajstić information content (AvgIpc) is 1.93. The van der Waals surface area contributed by atoms with E-state index < -0.39 is 0 Å². The Balaban J connectivity index is 4.83. The van der Waals surface area contributed by atoms with Gasteiger partial charge in [-0.05, 0) is 22.5 Å². The van der Waals surface area contributed by atoms with Crippen molar-refractivity contribution in [2.24, 2.45) is 10.8 Å². The molecular formula is C13H22O. The number of rotatable bonds is 2. The highest BCUT2D eigenvalue weighted by Crippen LogP contribution is 2.27. The average molecular weight is 194 g/mol. The summed E-state index contributed by atoms with van der Waals surface area (Å²) in [6, 6.07) is 0. The highest BCUT2D eigenvalue weighted by Gasteiger charge is 2.15. The summed E-state index contributed by atoms with van der Waals surface area (Å²) in [6.07, 6.45) is 6.68. The van der Waals surface area contributed by atoms with Gasteiger partial charge in [0.25, 0.3) is 0 Å². The molecule has 0 spiro atoms. The van der Waals surface area contributed by atoms with Gasteiger partial charge in [0.2, 0.25) is 0 Å². The van der Waals surface area contributed by atoms with Crippen molar-refractivity contribution in [3.63, 3.8) is 0 Å². The highest BCUT2D eigenvalue weighted by molar-refractivity contribution is 5.67. The molecule has 0 N–H and O–H groups in total. The van der Waals surface area contributed by atoms with Crippen LogP contribution in [0.15, 0.2) is 23.8 Å². The van der Waals surface area contributed by atoms with Gasteiger partial charge < -0.3 is 0 Å². The van der Waals surface area contributed by atoms with Crippen molar-refractivity contribution in [1.82, 2.24) is 0 Å². The van der Waals surface area contributed by atoms with E-state index in [2.05, 4.69) is 53.7 Å². The van der Waals surface area contributed by atoms with Crippen molar-refractivity contribution < 1.29 is 4.79 Å². The second-order valence-corrected chi connectivity index (χ2v) is 5.71. The third kappa shape index (κ3) is 5.74. The van der Waals surface area contributed by atoms with Gasteiger partial charge in [-0.2, -0.15) is 0 Å². The van der Waals surface area contributed by atoms with Crippen molar-refractivity contribution in [3.8, 4) is 0 Å². The third-order valence-corrected chi connectivity index (χ3v) is 1.88. The molecule has 0 rings (SSSR count). The lowest BCUT2D eigenvalue weighted by atomic mass is 9.84. The van der Waals surface area contributed by atoms with Gasteiger partial charge in [0, 0.05) is 0 Å². The molecule has 0 saturated carbocycles. The number of carbonyl (C=O) groups excluding carboxylic acids is 1. The summed E-state index contributed by atoms with van der Waals surface area (Å²) < 4.78 is 0. The SMILES string of the molecule is CC(C)(C)/C=C\C(=C/C=O)C(C)(C)C. The van der Waals surface area contributed by atoms with Crippen LogP contribution in [0, 0.1) is 10.8 Å². The summed E-state index contributed by atoms with van der Waals surface area (Å²) in [4.78, 5) is 10.5. The molecule has 0 bridgehead atoms. The van der Waals surface area contributed by atoms with Crippen LogP contribution in [0.2, 0.25) is 0 Å². The van der Waals surface area contributed by atoms with Gasteiger partial charge in [-0.1, -0.05) is 53.7 Å². The Bertz CT molecular complexity index is 243. The Kier molecular flexibility index (Phi) is 4.31. The molecule has 0 atom stereocenters. The van der Waals surface area contributed by atoms with Crippen molar-refractivity contribution in [2.75, 3.05) is 0 Å². The van der Waals surface area contributed by atoms with E-state index in [0.29, 0.717) is 0 Å². The number of hydrogen-bond acceptors (Lipinski definition) is 1. The molecule has 0 aliphatic carbocycles. The maximum Gasteiger partial charge on any atom is 0.143 e. The molecule has 0 heterocycles. The van der Waals surface area contributed by atoms with Gasteiger partial charge >= 0.3 is 0 Å². The molecule has 0 amide bonds. The number of aldehydes is 1. The minimum Gasteiger partial charge on any atom is -0.299 e. The predicted octanol–water partition coefficient (Wildman–Crippen LogP) is 3.76. The van der Waals surface area contributed by atoms with Crippen LogP contribution in [0.1, 0.15) is 41.5 Å². The fourth-order valence-electron chi connectivity index (χ4n) is 0.969. The topological polar surface area (TPSA) is 17.1 Å². The lowest BCUT2D eigenvalue weighted by Gasteiger charge is -2.21. The molecule has 1 heteroatoms. The lowest BCUT2D eigenvalue weighted by molar-refractivity contribution is -0.104. The first kappa shape index (κ1) is 13.2. The smallest absolute Gasteiger partial charge is 0.143 e. The number of hydrogen-bond donors (Lipinski definition) is 0. The molecule has 14 heavy (non-hydrogen) atoms. The first-order valence-corrected chi connectivity index (χ1v) is 5.02. The number of carbonyl (C=O) groups is 1. The molecular weight excluding hydrogens is 172 g/mol. The third-order valence-electron chi connectivity index (χ3n) is 1.88. The van der Waals surface area contributed by atoms with Crippen LogP contribution in [0.25, 0.3) is 0 Å². The van der Waals surface area contributed by atoms with E-state index in [1.807, 2.05) is 0 Å². The zero-order valence-electron chi connectivity index (χ0n) is 10.2. The van der Waals surface area contributed by atoms with Gasteiger partial charge in [-0.3, -0.25) is 4.79 Å². The molecule has 0 unspecified atom stereocenters. The van der Waals surface area contributed by atoms with Gasteiger partial charge in [0.1, 0.15) is 6.29 Å². The van der Waals surface area contributed by atoms with E-state index in [0.717, 1.165) is 11.9 Å². The molecule has 0 fully saturated rings. The van der Waals surface area contributed by atoms with Crippen LogP contribution >= 0.6 is 0 Å². The number of allylic oxidation sites excluding steroid dienone is 4. The van der Waals surface area contributed by atoms with Crippen molar-refractivity contribution >= 4 is 6.29 Å². The molecule has 0 aromatic rings. The Morgan fingerprint density at radius 2 is 1.50 bits per heavy atom. The fourth-order valence-corrected chi connectivity index (χ4v) is 0.969. The summed E-state index contributed by atoms with van der Waals surface area (Å²) in [6.45, 7) is 12.8. The van der Waals surface area contributed by atoms with E-state index in [-0.39, 0.29) is 10.8 Å². The van der Waals surface area contributed by atoms with Gasteiger partial charge in [0.05, 0.1) is 0 Å². The van der Waals surface area contributed by atoms with Gasteiger partial charge in [-0.15, -0.1) is 0 Å². The van der Waals surface area contributed by atoms with Gasteiger partial charge in [0.15, 0.2) is 0 Å². The zero-order valence-corrected chi connectivity index (χ0v) is 10.2. The molecule has 0 saturated heterocycles. The van der Waals surface area contributed by atoms with Gasteiger partial charge in [-0.25, -0.2) is 0 Å². The summed E-state index contributed by atoms with van der Waals surface area (Å²) in [5, 5.41) is 0. The summed E-state index contributed by atoms with van der Waals surface area (Å²) in [5.74, 6) is 0. The van der Waals surface area contributed by atoms with Crippen LogP contribution < -0.4 is 0 Å². The normalized spacial score (nSPS) is 14.9. The molecule has 1 nitrogen and oxygen atoms in total. The van der Waals surface area contributed by atoms with Crippen LogP contribution in [0.4, 0.5) is 0 Å². The summed E-state index contributed by atoms with van der Waals surface area (Å²) >= 11 is 0. The van der Waals surface area contributed by atoms with E-state index in [4.69, 9.17) is 0 Å². The van der Waals surface area contributed by atoms with E-state index >= 15 is 0 Å². The Labute approximate surface area is 87.9 Å². The second kappa shape index (κ2) is 4.59. The summed E-state index contributed by atoms with van der Waals surface area (Å²) in [7, 11) is 0. The van der Waals surface area contributed by atoms with Crippen LogP contribution in [0.3, 0.4) is 0 Å². The summed E-state index contributed by atoms with van der Waals surface area (Å²) in [5.41, 5.74) is 1.26. The molecule has 0 aromatic carbocycles. The first-order chi connectivity index (χ1) is 6.17. The van der Waals surface area contributed by atoms with Crippen LogP contribution in [0.5, 0.6) is 0 Å². The minimum atomic E-state index is 0.0304. The molecule has 0 aliphatic rings. The van der Waals surface area contributed by atoms with Crippen LogP contribution in [-0.4, -0.2) is 6.29 Å². The lowest BCUT2D eigenvalue weighted by Crippen LogP contribution is -2.09. The maximum atomic E-state index is 10.5. The van der Waals surface area contributed by atoms with Crippen molar-refractivity contribution in [1.29, 1.82) is 0 Å².